The first-order chi connectivity index (χ1) is 20.0. The maximum absolute atomic E-state index is 13.4. The topological polar surface area (TPSA) is 107 Å². The molecule has 2 aromatic heterocycles. The molecule has 0 radical (unpaired) electrons. The van der Waals surface area contributed by atoms with Gasteiger partial charge in [0.2, 0.25) is 6.79 Å². The fourth-order valence-corrected chi connectivity index (χ4v) is 5.37. The molecule has 1 N–H and O–H groups in total. The van der Waals surface area contributed by atoms with E-state index in [4.69, 9.17) is 14.2 Å². The quantitative estimate of drug-likeness (QED) is 0.266. The highest BCUT2D eigenvalue weighted by Crippen LogP contribution is 2.36. The Bertz CT molecular complexity index is 1700. The van der Waals surface area contributed by atoms with Gasteiger partial charge in [0, 0.05) is 30.1 Å². The number of nitrogens with zero attached hydrogens (tertiary/aromatic N) is 5. The molecule has 10 nitrogen and oxygen atoms in total. The molecular formula is C31H32N6O4. The number of methoxy groups -OCH3 is 1. The smallest absolute Gasteiger partial charge is 0.252 e. The third-order valence-corrected chi connectivity index (χ3v) is 7.36. The molecule has 3 aromatic carbocycles. The summed E-state index contributed by atoms with van der Waals surface area (Å²) in [7, 11) is 1.65. The van der Waals surface area contributed by atoms with Crippen LogP contribution in [0.5, 0.6) is 17.2 Å². The molecule has 10 heteroatoms. The van der Waals surface area contributed by atoms with E-state index in [1.807, 2.05) is 65.3 Å². The van der Waals surface area contributed by atoms with Crippen LogP contribution in [0.25, 0.3) is 10.9 Å². The Morgan fingerprint density at radius 3 is 2.46 bits per heavy atom. The molecule has 5 aromatic rings. The molecule has 0 fully saturated rings. The molecular weight excluding hydrogens is 520 g/mol. The van der Waals surface area contributed by atoms with E-state index in [1.165, 1.54) is 0 Å². The zero-order valence-electron chi connectivity index (χ0n) is 23.3. The summed E-state index contributed by atoms with van der Waals surface area (Å²) in [6.45, 7) is 6.00. The van der Waals surface area contributed by atoms with Crippen molar-refractivity contribution in [3.63, 3.8) is 0 Å². The Morgan fingerprint density at radius 1 is 0.976 bits per heavy atom. The van der Waals surface area contributed by atoms with Gasteiger partial charge in [0.25, 0.3) is 5.56 Å². The molecule has 1 aliphatic rings. The van der Waals surface area contributed by atoms with Crippen LogP contribution in [-0.2, 0) is 19.6 Å². The highest BCUT2D eigenvalue weighted by molar-refractivity contribution is 5.83. The summed E-state index contributed by atoms with van der Waals surface area (Å²) in [5.41, 5.74) is 3.40. The zero-order valence-corrected chi connectivity index (χ0v) is 23.3. The normalized spacial score (nSPS) is 13.3. The first-order valence-corrected chi connectivity index (χ1v) is 13.6. The fraction of sp³-hybridized carbons (Fsp3) is 0.290. The Balaban J connectivity index is 1.37. The minimum absolute atomic E-state index is 0.144. The van der Waals surface area contributed by atoms with Crippen molar-refractivity contribution >= 4 is 10.9 Å². The zero-order chi connectivity index (χ0) is 28.3. The van der Waals surface area contributed by atoms with E-state index in [1.54, 1.807) is 7.11 Å². The summed E-state index contributed by atoms with van der Waals surface area (Å²) in [5.74, 6) is 2.99. The molecule has 41 heavy (non-hydrogen) atoms. The Morgan fingerprint density at radius 2 is 1.73 bits per heavy atom. The van der Waals surface area contributed by atoms with Crippen LogP contribution in [0.3, 0.4) is 0 Å². The highest BCUT2D eigenvalue weighted by Gasteiger charge is 2.30. The summed E-state index contributed by atoms with van der Waals surface area (Å²) >= 11 is 0. The van der Waals surface area contributed by atoms with Crippen molar-refractivity contribution in [1.29, 1.82) is 0 Å². The summed E-state index contributed by atoms with van der Waals surface area (Å²) in [5, 5.41) is 13.8. The van der Waals surface area contributed by atoms with Crippen molar-refractivity contribution in [2.24, 2.45) is 5.92 Å². The molecule has 0 aliphatic carbocycles. The number of tetrazole rings is 1. The minimum atomic E-state index is -0.171. The highest BCUT2D eigenvalue weighted by atomic mass is 16.7. The molecule has 6 rings (SSSR count). The van der Waals surface area contributed by atoms with E-state index in [0.29, 0.717) is 42.2 Å². The SMILES string of the molecule is COc1ccc(Cn2nnnc2C(C(C)C)N(Cc2ccccc2)Cc2cc3cc4c(cc3[nH]c2=O)OCO4)cc1. The molecule has 0 saturated heterocycles. The summed E-state index contributed by atoms with van der Waals surface area (Å²) in [4.78, 5) is 18.7. The maximum Gasteiger partial charge on any atom is 0.252 e. The number of aromatic nitrogens is 5. The lowest BCUT2D eigenvalue weighted by atomic mass is 9.99. The molecule has 210 valence electrons. The third-order valence-electron chi connectivity index (χ3n) is 7.36. The maximum atomic E-state index is 13.4. The molecule has 0 saturated carbocycles. The van der Waals surface area contributed by atoms with Crippen molar-refractivity contribution in [2.45, 2.75) is 39.5 Å². The summed E-state index contributed by atoms with van der Waals surface area (Å²) in [6.07, 6.45) is 0. The van der Waals surface area contributed by atoms with Crippen LogP contribution in [0.2, 0.25) is 0 Å². The van der Waals surface area contributed by atoms with Gasteiger partial charge < -0.3 is 19.2 Å². The van der Waals surface area contributed by atoms with E-state index < -0.39 is 0 Å². The van der Waals surface area contributed by atoms with E-state index in [0.717, 1.165) is 28.1 Å². The minimum Gasteiger partial charge on any atom is -0.497 e. The number of hydrogen-bond donors (Lipinski definition) is 1. The van der Waals surface area contributed by atoms with Crippen LogP contribution < -0.4 is 19.8 Å². The van der Waals surface area contributed by atoms with Gasteiger partial charge in [-0.05, 0) is 51.7 Å². The lowest BCUT2D eigenvalue weighted by molar-refractivity contribution is 0.126. The predicted octanol–water partition coefficient (Wildman–Crippen LogP) is 4.70. The average Bonchev–Trinajstić information content (AvgIpc) is 3.62. The van der Waals surface area contributed by atoms with E-state index in [-0.39, 0.29) is 24.3 Å². The van der Waals surface area contributed by atoms with Crippen LogP contribution in [-0.4, -0.2) is 44.0 Å². The third kappa shape index (κ3) is 5.64. The Hall–Kier alpha value is -4.70. The van der Waals surface area contributed by atoms with Gasteiger partial charge in [-0.25, -0.2) is 4.68 Å². The van der Waals surface area contributed by atoms with Crippen molar-refractivity contribution in [3.05, 3.63) is 106 Å². The van der Waals surface area contributed by atoms with Crippen molar-refractivity contribution in [1.82, 2.24) is 30.1 Å². The van der Waals surface area contributed by atoms with E-state index in [2.05, 4.69) is 51.4 Å². The van der Waals surface area contributed by atoms with Crippen molar-refractivity contribution in [3.8, 4) is 17.2 Å². The van der Waals surface area contributed by atoms with Gasteiger partial charge in [0.05, 0.1) is 25.2 Å². The van der Waals surface area contributed by atoms with Gasteiger partial charge in [-0.2, -0.15) is 0 Å². The molecule has 0 bridgehead atoms. The Labute approximate surface area is 237 Å². The molecule has 1 unspecified atom stereocenters. The largest absolute Gasteiger partial charge is 0.497 e. The van der Waals surface area contributed by atoms with E-state index in [9.17, 15) is 4.79 Å². The van der Waals surface area contributed by atoms with Gasteiger partial charge >= 0.3 is 0 Å². The summed E-state index contributed by atoms with van der Waals surface area (Å²) < 4.78 is 18.2. The van der Waals surface area contributed by atoms with Crippen LogP contribution in [0, 0.1) is 5.92 Å². The summed E-state index contributed by atoms with van der Waals surface area (Å²) in [6, 6.07) is 23.6. The molecule has 1 atom stereocenters. The Kier molecular flexibility index (Phi) is 7.39. The van der Waals surface area contributed by atoms with Crippen LogP contribution in [0.15, 0.2) is 77.6 Å². The van der Waals surface area contributed by atoms with Gasteiger partial charge in [0.15, 0.2) is 17.3 Å². The molecule has 0 amide bonds. The number of H-pyrrole nitrogens is 1. The number of benzene rings is 3. The average molecular weight is 553 g/mol. The van der Waals surface area contributed by atoms with Crippen molar-refractivity contribution in [2.75, 3.05) is 13.9 Å². The lowest BCUT2D eigenvalue weighted by Gasteiger charge is -2.33. The number of nitrogens with one attached hydrogen (secondary N) is 1. The van der Waals surface area contributed by atoms with Gasteiger partial charge in [-0.15, -0.1) is 5.10 Å². The molecule has 0 spiro atoms. The second kappa shape index (κ2) is 11.4. The van der Waals surface area contributed by atoms with Gasteiger partial charge in [-0.1, -0.05) is 56.3 Å². The van der Waals surface area contributed by atoms with Gasteiger partial charge in [-0.3, -0.25) is 9.69 Å². The second-order valence-corrected chi connectivity index (χ2v) is 10.5. The first-order valence-electron chi connectivity index (χ1n) is 13.6. The number of aromatic amines is 1. The van der Waals surface area contributed by atoms with Crippen LogP contribution in [0.4, 0.5) is 0 Å². The van der Waals surface area contributed by atoms with Crippen LogP contribution >= 0.6 is 0 Å². The number of hydrogen-bond acceptors (Lipinski definition) is 8. The van der Waals surface area contributed by atoms with Crippen LogP contribution in [0.1, 0.15) is 42.4 Å². The standard InChI is InChI=1S/C31H32N6O4/c1-20(2)29(30-33-34-35-37(30)17-22-9-11-25(39-3)12-10-22)36(16-21-7-5-4-6-8-21)18-24-13-23-14-27-28(41-19-40-27)15-26(23)32-31(24)38/h4-15,20,29H,16-19H2,1-3H3,(H,32,38). The fourth-order valence-electron chi connectivity index (χ4n) is 5.37. The number of pyridine rings is 1. The number of fused-ring (bicyclic) bond motifs is 2. The lowest BCUT2D eigenvalue weighted by Crippen LogP contribution is -2.35. The number of rotatable bonds is 10. The predicted molar refractivity (Wildman–Crippen MR) is 154 cm³/mol. The second-order valence-electron chi connectivity index (χ2n) is 10.5. The molecule has 1 aliphatic heterocycles. The van der Waals surface area contributed by atoms with E-state index >= 15 is 0 Å². The van der Waals surface area contributed by atoms with Gasteiger partial charge in [0.1, 0.15) is 5.75 Å². The van der Waals surface area contributed by atoms with Crippen molar-refractivity contribution < 1.29 is 14.2 Å². The monoisotopic (exact) mass is 552 g/mol. The first kappa shape index (κ1) is 26.5. The molecule has 3 heterocycles. The number of ether oxygens (including phenoxy) is 3.